The molecule has 0 bridgehead atoms. The Morgan fingerprint density at radius 2 is 1.60 bits per heavy atom. The number of aliphatic imine (C=N–C) groups is 1. The summed E-state index contributed by atoms with van der Waals surface area (Å²) in [5, 5.41) is 0. The molecule has 1 aliphatic heterocycles. The lowest BCUT2D eigenvalue weighted by atomic mass is 9.89. The molecule has 1 aliphatic rings. The molecule has 0 spiro atoms. The maximum absolute atomic E-state index is 12.6. The second-order valence-electron chi connectivity index (χ2n) is 6.73. The molecule has 30 heavy (non-hydrogen) atoms. The number of rotatable bonds is 4. The van der Waals surface area contributed by atoms with Crippen molar-refractivity contribution in [1.29, 1.82) is 0 Å². The monoisotopic (exact) mass is 407 g/mol. The Morgan fingerprint density at radius 1 is 1.03 bits per heavy atom. The number of aryl methyl sites for hydroxylation is 1. The van der Waals surface area contributed by atoms with E-state index in [-0.39, 0.29) is 5.91 Å². The van der Waals surface area contributed by atoms with Crippen molar-refractivity contribution in [3.05, 3.63) is 70.8 Å². The van der Waals surface area contributed by atoms with Crippen LogP contribution >= 0.6 is 0 Å². The van der Waals surface area contributed by atoms with Crippen molar-refractivity contribution in [3.63, 3.8) is 0 Å². The first kappa shape index (κ1) is 25.2. The number of nitrogen functional groups attached to an aromatic ring is 1. The Morgan fingerprint density at radius 3 is 2.10 bits per heavy atom. The van der Waals surface area contributed by atoms with E-state index < -0.39 is 0 Å². The van der Waals surface area contributed by atoms with Gasteiger partial charge in [-0.05, 0) is 48.2 Å². The van der Waals surface area contributed by atoms with E-state index in [9.17, 15) is 4.79 Å². The van der Waals surface area contributed by atoms with Gasteiger partial charge in [-0.25, -0.2) is 0 Å². The highest BCUT2D eigenvalue weighted by Crippen LogP contribution is 2.29. The van der Waals surface area contributed by atoms with Crippen LogP contribution in [-0.2, 0) is 0 Å². The van der Waals surface area contributed by atoms with Gasteiger partial charge >= 0.3 is 0 Å². The number of likely N-dealkylation sites (tertiary alicyclic amines) is 1. The molecule has 2 N–H and O–H groups in total. The van der Waals surface area contributed by atoms with Crippen LogP contribution in [0.5, 0.6) is 0 Å². The number of benzene rings is 2. The van der Waals surface area contributed by atoms with Crippen LogP contribution < -0.4 is 5.73 Å². The third-order valence-corrected chi connectivity index (χ3v) is 4.99. The Labute approximate surface area is 182 Å². The first-order chi connectivity index (χ1) is 14.5. The molecular formula is C26H37N3O. The van der Waals surface area contributed by atoms with Crippen molar-refractivity contribution in [3.8, 4) is 0 Å². The first-order valence-corrected chi connectivity index (χ1v) is 10.9. The summed E-state index contributed by atoms with van der Waals surface area (Å²) in [6.07, 6.45) is 3.92. The fraction of sp³-hybridized carbons (Fsp3) is 0.385. The Kier molecular flexibility index (Phi) is 10.6. The van der Waals surface area contributed by atoms with Crippen LogP contribution in [0, 0.1) is 6.92 Å². The number of carbonyl (C=O) groups is 1. The summed E-state index contributed by atoms with van der Waals surface area (Å²) in [4.78, 5) is 18.5. The second-order valence-corrected chi connectivity index (χ2v) is 6.73. The number of hydrogen-bond donors (Lipinski definition) is 1. The minimum atomic E-state index is 0.0555. The van der Waals surface area contributed by atoms with E-state index in [0.29, 0.717) is 17.2 Å². The molecule has 0 radical (unpaired) electrons. The molecule has 1 heterocycles. The van der Waals surface area contributed by atoms with Crippen molar-refractivity contribution in [2.24, 2.45) is 4.99 Å². The lowest BCUT2D eigenvalue weighted by Crippen LogP contribution is -2.48. The minimum Gasteiger partial charge on any atom is -0.398 e. The van der Waals surface area contributed by atoms with Gasteiger partial charge in [-0.1, -0.05) is 64.1 Å². The van der Waals surface area contributed by atoms with Crippen molar-refractivity contribution in [2.75, 3.05) is 25.9 Å². The molecule has 2 aromatic rings. The molecule has 162 valence electrons. The minimum absolute atomic E-state index is 0.0555. The summed E-state index contributed by atoms with van der Waals surface area (Å²) < 4.78 is 0. The summed E-state index contributed by atoms with van der Waals surface area (Å²) in [5.74, 6) is 0.449. The van der Waals surface area contributed by atoms with E-state index in [4.69, 9.17) is 5.73 Å². The van der Waals surface area contributed by atoms with Crippen molar-refractivity contribution >= 4 is 23.4 Å². The summed E-state index contributed by atoms with van der Waals surface area (Å²) in [6, 6.07) is 14.1. The van der Waals surface area contributed by atoms with Gasteiger partial charge < -0.3 is 10.6 Å². The van der Waals surface area contributed by atoms with Gasteiger partial charge in [-0.15, -0.1) is 0 Å². The topological polar surface area (TPSA) is 58.7 Å². The average Bonchev–Trinajstić information content (AvgIpc) is 2.76. The highest BCUT2D eigenvalue weighted by atomic mass is 16.2. The molecule has 1 fully saturated rings. The fourth-order valence-electron chi connectivity index (χ4n) is 3.21. The van der Waals surface area contributed by atoms with Crippen LogP contribution in [-0.4, -0.2) is 37.2 Å². The predicted octanol–water partition coefficient (Wildman–Crippen LogP) is 5.97. The molecule has 0 aromatic heterocycles. The van der Waals surface area contributed by atoms with E-state index in [1.807, 2.05) is 64.8 Å². The fourth-order valence-corrected chi connectivity index (χ4v) is 3.21. The van der Waals surface area contributed by atoms with E-state index in [1.54, 1.807) is 13.1 Å². The van der Waals surface area contributed by atoms with Gasteiger partial charge in [0.05, 0.1) is 0 Å². The quantitative estimate of drug-likeness (QED) is 0.501. The second kappa shape index (κ2) is 12.6. The molecule has 0 unspecified atom stereocenters. The SMILES string of the molecule is C/C=C(\C=NC)c1ccc(C2CN(C(=O)c3ccc(C)c(N)c3)C2)cc1.CC.CC. The number of carbonyl (C=O) groups excluding carboxylic acids is 1. The highest BCUT2D eigenvalue weighted by Gasteiger charge is 2.32. The van der Waals surface area contributed by atoms with Crippen LogP contribution in [0.2, 0.25) is 0 Å². The Hall–Kier alpha value is -2.88. The van der Waals surface area contributed by atoms with E-state index in [2.05, 4.69) is 35.3 Å². The van der Waals surface area contributed by atoms with Gasteiger partial charge in [0, 0.05) is 43.5 Å². The Balaban J connectivity index is 0.00000106. The van der Waals surface area contributed by atoms with E-state index >= 15 is 0 Å². The van der Waals surface area contributed by atoms with Crippen molar-refractivity contribution < 1.29 is 4.79 Å². The number of allylic oxidation sites excluding steroid dienone is 2. The maximum Gasteiger partial charge on any atom is 0.253 e. The molecule has 3 rings (SSSR count). The summed E-state index contributed by atoms with van der Waals surface area (Å²) in [7, 11) is 1.78. The molecule has 1 saturated heterocycles. The maximum atomic E-state index is 12.6. The first-order valence-electron chi connectivity index (χ1n) is 10.9. The molecule has 4 nitrogen and oxygen atoms in total. The van der Waals surface area contributed by atoms with Crippen molar-refractivity contribution in [1.82, 2.24) is 4.90 Å². The van der Waals surface area contributed by atoms with Crippen molar-refractivity contribution in [2.45, 2.75) is 47.5 Å². The number of hydrogen-bond acceptors (Lipinski definition) is 3. The molecular weight excluding hydrogens is 370 g/mol. The number of nitrogens with two attached hydrogens (primary N) is 1. The molecule has 2 aromatic carbocycles. The lowest BCUT2D eigenvalue weighted by Gasteiger charge is -2.39. The van der Waals surface area contributed by atoms with Gasteiger partial charge in [-0.2, -0.15) is 0 Å². The number of anilines is 1. The molecule has 0 atom stereocenters. The van der Waals surface area contributed by atoms with Crippen LogP contribution in [0.3, 0.4) is 0 Å². The van der Waals surface area contributed by atoms with Crippen LogP contribution in [0.4, 0.5) is 5.69 Å². The van der Waals surface area contributed by atoms with Gasteiger partial charge in [0.2, 0.25) is 0 Å². The highest BCUT2D eigenvalue weighted by molar-refractivity contribution is 6.09. The van der Waals surface area contributed by atoms with Crippen LogP contribution in [0.1, 0.15) is 67.6 Å². The predicted molar refractivity (Wildman–Crippen MR) is 131 cm³/mol. The zero-order valence-electron chi connectivity index (χ0n) is 19.6. The van der Waals surface area contributed by atoms with Gasteiger partial charge in [-0.3, -0.25) is 9.79 Å². The lowest BCUT2D eigenvalue weighted by molar-refractivity contribution is 0.0602. The average molecular weight is 408 g/mol. The number of nitrogens with zero attached hydrogens (tertiary/aromatic N) is 2. The zero-order valence-corrected chi connectivity index (χ0v) is 19.6. The van der Waals surface area contributed by atoms with Gasteiger partial charge in [0.25, 0.3) is 5.91 Å². The normalized spacial score (nSPS) is 13.7. The van der Waals surface area contributed by atoms with Crippen LogP contribution in [0.25, 0.3) is 5.57 Å². The van der Waals surface area contributed by atoms with Crippen LogP contribution in [0.15, 0.2) is 53.5 Å². The third-order valence-electron chi connectivity index (χ3n) is 4.99. The molecule has 0 aliphatic carbocycles. The van der Waals surface area contributed by atoms with Gasteiger partial charge in [0.15, 0.2) is 0 Å². The number of amides is 1. The summed E-state index contributed by atoms with van der Waals surface area (Å²) in [6.45, 7) is 13.5. The largest absolute Gasteiger partial charge is 0.398 e. The summed E-state index contributed by atoms with van der Waals surface area (Å²) in [5.41, 5.74) is 11.8. The van der Waals surface area contributed by atoms with E-state index in [0.717, 1.165) is 29.8 Å². The van der Waals surface area contributed by atoms with Gasteiger partial charge in [0.1, 0.15) is 0 Å². The zero-order chi connectivity index (χ0) is 22.7. The Bertz CT molecular complexity index is 860. The standard InChI is InChI=1S/C22H25N3O.2C2H6/c1-4-16(12-24-3)17-7-9-18(10-8-17)20-13-25(14-20)22(26)19-6-5-15(2)21(23)11-19;2*1-2/h4-12,20H,13-14,23H2,1-3H3;2*1-2H3/b16-4+,24-12?;;. The smallest absolute Gasteiger partial charge is 0.253 e. The molecule has 1 amide bonds. The molecule has 4 heteroatoms. The summed E-state index contributed by atoms with van der Waals surface area (Å²) >= 11 is 0. The third kappa shape index (κ3) is 6.06. The molecule has 0 saturated carbocycles. The van der Waals surface area contributed by atoms with E-state index in [1.165, 1.54) is 5.56 Å².